The van der Waals surface area contributed by atoms with Crippen molar-refractivity contribution in [1.82, 2.24) is 30.8 Å². The number of tetrazole rings is 1. The zero-order chi connectivity index (χ0) is 24.3. The summed E-state index contributed by atoms with van der Waals surface area (Å²) in [6, 6.07) is 12.1. The van der Waals surface area contributed by atoms with Crippen LogP contribution in [0.25, 0.3) is 11.4 Å². The Kier molecular flexibility index (Phi) is 6.30. The number of hydrogen-bond donors (Lipinski definition) is 2. The number of benzene rings is 2. The molecule has 2 N–H and O–H groups in total. The van der Waals surface area contributed by atoms with E-state index >= 15 is 0 Å². The summed E-state index contributed by atoms with van der Waals surface area (Å²) in [4.78, 5) is 26.2. The Hall–Kier alpha value is -4.22. The number of esters is 1. The number of carbonyl (C=O) groups is 2. The number of halogens is 3. The van der Waals surface area contributed by atoms with Gasteiger partial charge in [0, 0.05) is 5.56 Å². The number of allylic oxidation sites excluding steroid dienone is 1. The molecular formula is C22H19F3N6O3. The lowest BCUT2D eigenvalue weighted by atomic mass is 9.95. The molecule has 2 amide bonds. The molecule has 176 valence electrons. The summed E-state index contributed by atoms with van der Waals surface area (Å²) >= 11 is 0. The van der Waals surface area contributed by atoms with Gasteiger partial charge in [-0.3, -0.25) is 0 Å². The zero-order valence-corrected chi connectivity index (χ0v) is 17.8. The Balaban J connectivity index is 1.69. The summed E-state index contributed by atoms with van der Waals surface area (Å²) in [5, 5.41) is 17.1. The zero-order valence-electron chi connectivity index (χ0n) is 17.8. The molecule has 0 spiro atoms. The molecule has 9 nitrogen and oxygen atoms in total. The molecule has 4 rings (SSSR count). The van der Waals surface area contributed by atoms with Gasteiger partial charge in [-0.1, -0.05) is 42.5 Å². The smallest absolute Gasteiger partial charge is 0.416 e. The van der Waals surface area contributed by atoms with E-state index in [-0.39, 0.29) is 35.8 Å². The van der Waals surface area contributed by atoms with Gasteiger partial charge in [-0.2, -0.15) is 18.0 Å². The lowest BCUT2D eigenvalue weighted by molar-refractivity contribution is -0.139. The molecule has 0 aliphatic carbocycles. The largest absolute Gasteiger partial charge is 0.463 e. The lowest BCUT2D eigenvalue weighted by Crippen LogP contribution is -2.47. The lowest BCUT2D eigenvalue weighted by Gasteiger charge is -2.29. The van der Waals surface area contributed by atoms with Gasteiger partial charge < -0.3 is 15.4 Å². The van der Waals surface area contributed by atoms with E-state index in [1.807, 2.05) is 0 Å². The summed E-state index contributed by atoms with van der Waals surface area (Å²) < 4.78 is 44.3. The second-order valence-electron chi connectivity index (χ2n) is 7.28. The quantitative estimate of drug-likeness (QED) is 0.533. The molecule has 0 saturated carbocycles. The maximum atomic E-state index is 13.0. The van der Waals surface area contributed by atoms with Crippen LogP contribution in [0, 0.1) is 0 Å². The summed E-state index contributed by atoms with van der Waals surface area (Å²) in [5.41, 5.74) is 0.283. The van der Waals surface area contributed by atoms with Gasteiger partial charge in [-0.15, -0.1) is 10.2 Å². The van der Waals surface area contributed by atoms with E-state index in [9.17, 15) is 22.8 Å². The molecule has 0 bridgehead atoms. The molecule has 0 saturated heterocycles. The number of rotatable bonds is 6. The molecular weight excluding hydrogens is 453 g/mol. The summed E-state index contributed by atoms with van der Waals surface area (Å²) in [6.07, 6.45) is -4.52. The number of aromatic nitrogens is 4. The highest BCUT2D eigenvalue weighted by atomic mass is 19.4. The second kappa shape index (κ2) is 9.33. The summed E-state index contributed by atoms with van der Waals surface area (Å²) in [7, 11) is 0. The predicted octanol–water partition coefficient (Wildman–Crippen LogP) is 3.23. The number of alkyl halides is 3. The Morgan fingerprint density at radius 3 is 2.62 bits per heavy atom. The van der Waals surface area contributed by atoms with Crippen molar-refractivity contribution in [3.05, 3.63) is 77.0 Å². The van der Waals surface area contributed by atoms with Gasteiger partial charge in [0.05, 0.1) is 29.5 Å². The first-order chi connectivity index (χ1) is 16.3. The Morgan fingerprint density at radius 1 is 1.15 bits per heavy atom. The molecule has 1 aliphatic rings. The van der Waals surface area contributed by atoms with E-state index in [1.54, 1.807) is 37.3 Å². The minimum Gasteiger partial charge on any atom is -0.463 e. The first kappa shape index (κ1) is 23.0. The normalized spacial score (nSPS) is 16.1. The minimum absolute atomic E-state index is 0.0377. The molecule has 12 heteroatoms. The van der Waals surface area contributed by atoms with Crippen molar-refractivity contribution in [2.24, 2.45) is 0 Å². The van der Waals surface area contributed by atoms with E-state index in [2.05, 4.69) is 26.0 Å². The number of ether oxygens (including phenoxy) is 1. The molecule has 0 radical (unpaired) electrons. The predicted molar refractivity (Wildman–Crippen MR) is 113 cm³/mol. The van der Waals surface area contributed by atoms with Crippen LogP contribution in [0.1, 0.15) is 24.1 Å². The number of nitrogens with one attached hydrogen (secondary N) is 2. The highest BCUT2D eigenvalue weighted by Crippen LogP contribution is 2.31. The first-order valence-corrected chi connectivity index (χ1v) is 10.2. The molecule has 0 fully saturated rings. The van der Waals surface area contributed by atoms with E-state index in [4.69, 9.17) is 4.74 Å². The van der Waals surface area contributed by atoms with Gasteiger partial charge in [0.1, 0.15) is 6.54 Å². The van der Waals surface area contributed by atoms with E-state index in [0.717, 1.165) is 16.9 Å². The molecule has 34 heavy (non-hydrogen) atoms. The fourth-order valence-electron chi connectivity index (χ4n) is 3.49. The maximum Gasteiger partial charge on any atom is 0.416 e. The number of hydrogen-bond acceptors (Lipinski definition) is 6. The van der Waals surface area contributed by atoms with E-state index in [1.165, 1.54) is 12.1 Å². The second-order valence-corrected chi connectivity index (χ2v) is 7.28. The van der Waals surface area contributed by atoms with Crippen LogP contribution < -0.4 is 10.6 Å². The third-order valence-electron chi connectivity index (χ3n) is 4.98. The van der Waals surface area contributed by atoms with Gasteiger partial charge in [0.15, 0.2) is 0 Å². The molecule has 1 unspecified atom stereocenters. The van der Waals surface area contributed by atoms with Gasteiger partial charge in [-0.25, -0.2) is 9.59 Å². The highest BCUT2D eigenvalue weighted by molar-refractivity contribution is 5.95. The van der Waals surface area contributed by atoms with Crippen LogP contribution >= 0.6 is 0 Å². The van der Waals surface area contributed by atoms with Crippen molar-refractivity contribution >= 4 is 12.0 Å². The van der Waals surface area contributed by atoms with Crippen molar-refractivity contribution in [2.75, 3.05) is 6.61 Å². The molecule has 3 aromatic rings. The maximum absolute atomic E-state index is 13.0. The van der Waals surface area contributed by atoms with Gasteiger partial charge in [-0.05, 0) is 29.8 Å². The number of carbonyl (C=O) groups excluding carboxylic acids is 2. The SMILES string of the molecule is CCOC(=O)C1=C(Cn2nnc(-c3cccc(C(F)(F)F)c3)n2)NC(=O)NC1c1ccccc1. The van der Waals surface area contributed by atoms with Crippen molar-refractivity contribution in [2.45, 2.75) is 25.7 Å². The van der Waals surface area contributed by atoms with Crippen molar-refractivity contribution in [3.8, 4) is 11.4 Å². The Morgan fingerprint density at radius 2 is 1.91 bits per heavy atom. The molecule has 1 aliphatic heterocycles. The van der Waals surface area contributed by atoms with Crippen LogP contribution in [0.5, 0.6) is 0 Å². The third-order valence-corrected chi connectivity index (χ3v) is 4.98. The molecule has 1 aromatic heterocycles. The molecule has 2 heterocycles. The van der Waals surface area contributed by atoms with E-state index < -0.39 is 29.8 Å². The van der Waals surface area contributed by atoms with Crippen LogP contribution in [0.4, 0.5) is 18.0 Å². The average Bonchev–Trinajstić information content (AvgIpc) is 3.27. The highest BCUT2D eigenvalue weighted by Gasteiger charge is 2.34. The van der Waals surface area contributed by atoms with Gasteiger partial charge >= 0.3 is 18.2 Å². The first-order valence-electron chi connectivity index (χ1n) is 10.2. The van der Waals surface area contributed by atoms with Gasteiger partial charge in [0.25, 0.3) is 0 Å². The monoisotopic (exact) mass is 472 g/mol. The number of urea groups is 1. The fourth-order valence-corrected chi connectivity index (χ4v) is 3.49. The van der Waals surface area contributed by atoms with Crippen molar-refractivity contribution in [3.63, 3.8) is 0 Å². The standard InChI is InChI=1S/C22H19F3N6O3/c1-2-34-20(32)17-16(26-21(33)27-18(17)13-7-4-3-5-8-13)12-31-29-19(28-30-31)14-9-6-10-15(11-14)22(23,24)25/h3-11,18H,2,12H2,1H3,(H2,26,27,33). The van der Waals surface area contributed by atoms with Gasteiger partial charge in [0.2, 0.25) is 5.82 Å². The van der Waals surface area contributed by atoms with Crippen LogP contribution in [0.2, 0.25) is 0 Å². The molecule has 1 atom stereocenters. The van der Waals surface area contributed by atoms with Crippen LogP contribution in [-0.2, 0) is 22.3 Å². The van der Waals surface area contributed by atoms with E-state index in [0.29, 0.717) is 5.56 Å². The van der Waals surface area contributed by atoms with Crippen LogP contribution in [-0.4, -0.2) is 38.8 Å². The van der Waals surface area contributed by atoms with Crippen molar-refractivity contribution < 1.29 is 27.5 Å². The summed E-state index contributed by atoms with van der Waals surface area (Å²) in [6.45, 7) is 1.61. The topological polar surface area (TPSA) is 111 Å². The molecule has 2 aromatic carbocycles. The van der Waals surface area contributed by atoms with Crippen LogP contribution in [0.15, 0.2) is 65.9 Å². The fraction of sp³-hybridized carbons (Fsp3) is 0.227. The minimum atomic E-state index is -4.52. The Labute approximate surface area is 191 Å². The average molecular weight is 472 g/mol. The number of nitrogens with zero attached hydrogens (tertiary/aromatic N) is 4. The summed E-state index contributed by atoms with van der Waals surface area (Å²) in [5.74, 6) is -0.679. The van der Waals surface area contributed by atoms with Crippen LogP contribution in [0.3, 0.4) is 0 Å². The Bertz CT molecular complexity index is 1240. The third kappa shape index (κ3) is 4.90. The number of amides is 2. The van der Waals surface area contributed by atoms with Crippen molar-refractivity contribution in [1.29, 1.82) is 0 Å².